The highest BCUT2D eigenvalue weighted by Crippen LogP contribution is 2.34. The Balaban J connectivity index is 1.75. The van der Waals surface area contributed by atoms with Crippen LogP contribution in [0.15, 0.2) is 0 Å². The Morgan fingerprint density at radius 3 is 2.60 bits per heavy atom. The molecule has 2 N–H and O–H groups in total. The Hall–Kier alpha value is -2.24. The van der Waals surface area contributed by atoms with Crippen LogP contribution in [-0.2, 0) is 27.3 Å². The quantitative estimate of drug-likeness (QED) is 0.741. The van der Waals surface area contributed by atoms with E-state index in [1.54, 1.807) is 0 Å². The third-order valence-corrected chi connectivity index (χ3v) is 5.96. The largest absolute Gasteiger partial charge is 0.328 e. The molecule has 1 aromatic heterocycles. The molecule has 1 unspecified atom stereocenters. The van der Waals surface area contributed by atoms with Crippen LogP contribution >= 0.6 is 11.3 Å². The van der Waals surface area contributed by atoms with Crippen molar-refractivity contribution < 1.29 is 19.3 Å². The summed E-state index contributed by atoms with van der Waals surface area (Å²) in [5.74, 6) is -1.07. The number of amides is 3. The fourth-order valence-corrected chi connectivity index (χ4v) is 4.57. The molecule has 25 heavy (non-hydrogen) atoms. The van der Waals surface area contributed by atoms with E-state index in [4.69, 9.17) is 0 Å². The lowest BCUT2D eigenvalue weighted by Crippen LogP contribution is -3.14. The van der Waals surface area contributed by atoms with Crippen molar-refractivity contribution in [3.05, 3.63) is 16.0 Å². The van der Waals surface area contributed by atoms with E-state index in [1.165, 1.54) is 16.2 Å². The average Bonchev–Trinajstić information content (AvgIpc) is 3.07. The second-order valence-electron chi connectivity index (χ2n) is 6.73. The SMILES string of the molecule is CC(C)[NH+]1CCc2c(sc(NC(=O)CN3C(=O)CCC3=O)c2C#N)C1. The highest BCUT2D eigenvalue weighted by molar-refractivity contribution is 7.16. The van der Waals surface area contributed by atoms with Crippen molar-refractivity contribution in [3.8, 4) is 6.07 Å². The van der Waals surface area contributed by atoms with Gasteiger partial charge in [0.1, 0.15) is 24.2 Å². The minimum absolute atomic E-state index is 0.163. The smallest absolute Gasteiger partial charge is 0.245 e. The van der Waals surface area contributed by atoms with Gasteiger partial charge in [0.25, 0.3) is 0 Å². The normalized spacial score (nSPS) is 19.9. The van der Waals surface area contributed by atoms with E-state index in [-0.39, 0.29) is 31.2 Å². The molecule has 0 bridgehead atoms. The highest BCUT2D eigenvalue weighted by atomic mass is 32.1. The molecule has 0 saturated carbocycles. The number of quaternary nitrogens is 1. The van der Waals surface area contributed by atoms with E-state index in [2.05, 4.69) is 25.2 Å². The van der Waals surface area contributed by atoms with Crippen LogP contribution in [0.2, 0.25) is 0 Å². The molecule has 0 aliphatic carbocycles. The van der Waals surface area contributed by atoms with Gasteiger partial charge in [-0.25, -0.2) is 0 Å². The van der Waals surface area contributed by atoms with Crippen molar-refractivity contribution >= 4 is 34.1 Å². The van der Waals surface area contributed by atoms with Crippen molar-refractivity contribution in [1.82, 2.24) is 4.90 Å². The molecule has 0 spiro atoms. The van der Waals surface area contributed by atoms with Crippen molar-refractivity contribution in [2.24, 2.45) is 0 Å². The number of carbonyl (C=O) groups is 3. The molecule has 3 amide bonds. The minimum Gasteiger partial charge on any atom is -0.328 e. The van der Waals surface area contributed by atoms with E-state index in [9.17, 15) is 19.6 Å². The maximum absolute atomic E-state index is 12.2. The van der Waals surface area contributed by atoms with Crippen LogP contribution < -0.4 is 10.2 Å². The van der Waals surface area contributed by atoms with Crippen LogP contribution in [0, 0.1) is 11.3 Å². The summed E-state index contributed by atoms with van der Waals surface area (Å²) < 4.78 is 0. The lowest BCUT2D eigenvalue weighted by molar-refractivity contribution is -0.936. The van der Waals surface area contributed by atoms with Crippen LogP contribution in [0.4, 0.5) is 5.00 Å². The molecule has 0 radical (unpaired) electrons. The average molecular weight is 361 g/mol. The van der Waals surface area contributed by atoms with Crippen LogP contribution in [0.5, 0.6) is 0 Å². The molecule has 1 saturated heterocycles. The molecular formula is C17H21N4O3S+. The van der Waals surface area contributed by atoms with Gasteiger partial charge in [-0.1, -0.05) is 0 Å². The van der Waals surface area contributed by atoms with Crippen LogP contribution in [0.25, 0.3) is 0 Å². The van der Waals surface area contributed by atoms with E-state index in [0.29, 0.717) is 16.6 Å². The lowest BCUT2D eigenvalue weighted by atomic mass is 10.0. The summed E-state index contributed by atoms with van der Waals surface area (Å²) in [6.45, 7) is 5.89. The van der Waals surface area contributed by atoms with Gasteiger partial charge < -0.3 is 10.2 Å². The van der Waals surface area contributed by atoms with Gasteiger partial charge in [0.2, 0.25) is 17.7 Å². The first-order valence-corrected chi connectivity index (χ1v) is 9.24. The van der Waals surface area contributed by atoms with Crippen molar-refractivity contribution in [2.75, 3.05) is 18.4 Å². The Morgan fingerprint density at radius 2 is 2.00 bits per heavy atom. The molecule has 2 aliphatic rings. The molecule has 1 fully saturated rings. The zero-order valence-corrected chi connectivity index (χ0v) is 15.2. The van der Waals surface area contributed by atoms with Crippen LogP contribution in [-0.4, -0.2) is 41.8 Å². The van der Waals surface area contributed by atoms with Gasteiger partial charge in [-0.05, 0) is 19.4 Å². The lowest BCUT2D eigenvalue weighted by Gasteiger charge is -2.27. The molecule has 3 heterocycles. The number of imide groups is 1. The summed E-state index contributed by atoms with van der Waals surface area (Å²) in [5, 5.41) is 12.8. The first-order chi connectivity index (χ1) is 11.9. The number of carbonyl (C=O) groups excluding carboxylic acids is 3. The third-order valence-electron chi connectivity index (χ3n) is 4.81. The first-order valence-electron chi connectivity index (χ1n) is 8.43. The topological polar surface area (TPSA) is 94.7 Å². The van der Waals surface area contributed by atoms with E-state index >= 15 is 0 Å². The van der Waals surface area contributed by atoms with E-state index in [0.717, 1.165) is 34.9 Å². The number of nitriles is 1. The van der Waals surface area contributed by atoms with Crippen LogP contribution in [0.3, 0.4) is 0 Å². The molecule has 132 valence electrons. The molecule has 8 heteroatoms. The van der Waals surface area contributed by atoms with Crippen molar-refractivity contribution in [1.29, 1.82) is 5.26 Å². The van der Waals surface area contributed by atoms with Gasteiger partial charge in [0, 0.05) is 19.3 Å². The number of fused-ring (bicyclic) bond motifs is 1. The molecule has 2 aliphatic heterocycles. The van der Waals surface area contributed by atoms with Gasteiger partial charge in [0.15, 0.2) is 0 Å². The van der Waals surface area contributed by atoms with Crippen LogP contribution in [0.1, 0.15) is 42.7 Å². The van der Waals surface area contributed by atoms with E-state index < -0.39 is 5.91 Å². The number of anilines is 1. The number of likely N-dealkylation sites (tertiary alicyclic amines) is 1. The van der Waals surface area contributed by atoms with Crippen molar-refractivity contribution in [2.45, 2.75) is 45.7 Å². The Morgan fingerprint density at radius 1 is 1.32 bits per heavy atom. The van der Waals surface area contributed by atoms with Gasteiger partial charge in [-0.2, -0.15) is 5.26 Å². The summed E-state index contributed by atoms with van der Waals surface area (Å²) in [6.07, 6.45) is 1.15. The van der Waals surface area contributed by atoms with Gasteiger partial charge in [0.05, 0.1) is 23.0 Å². The third kappa shape index (κ3) is 3.43. The predicted molar refractivity (Wildman–Crippen MR) is 92.0 cm³/mol. The van der Waals surface area contributed by atoms with E-state index in [1.807, 2.05) is 0 Å². The van der Waals surface area contributed by atoms with Gasteiger partial charge >= 0.3 is 0 Å². The number of rotatable bonds is 4. The minimum atomic E-state index is -0.438. The molecule has 1 aromatic rings. The number of hydrogen-bond acceptors (Lipinski definition) is 5. The van der Waals surface area contributed by atoms with Gasteiger partial charge in [-0.15, -0.1) is 11.3 Å². The maximum atomic E-state index is 12.2. The summed E-state index contributed by atoms with van der Waals surface area (Å²) >= 11 is 1.43. The Labute approximate surface area is 150 Å². The predicted octanol–water partition coefficient (Wildman–Crippen LogP) is 0.0567. The number of nitrogens with one attached hydrogen (secondary N) is 2. The molecule has 7 nitrogen and oxygen atoms in total. The monoisotopic (exact) mass is 361 g/mol. The summed E-state index contributed by atoms with van der Waals surface area (Å²) in [6, 6.07) is 2.71. The van der Waals surface area contributed by atoms with Crippen molar-refractivity contribution in [3.63, 3.8) is 0 Å². The molecule has 0 aromatic carbocycles. The molecule has 1 atom stereocenters. The zero-order chi connectivity index (χ0) is 18.1. The zero-order valence-electron chi connectivity index (χ0n) is 14.3. The second-order valence-corrected chi connectivity index (χ2v) is 7.84. The Kier molecular flexibility index (Phi) is 4.88. The second kappa shape index (κ2) is 6.94. The fourth-order valence-electron chi connectivity index (χ4n) is 3.31. The Bertz CT molecular complexity index is 762. The number of nitrogens with zero attached hydrogens (tertiary/aromatic N) is 2. The maximum Gasteiger partial charge on any atom is 0.245 e. The molecular weight excluding hydrogens is 340 g/mol. The fraction of sp³-hybridized carbons (Fsp3) is 0.529. The summed E-state index contributed by atoms with van der Waals surface area (Å²) in [7, 11) is 0. The summed E-state index contributed by atoms with van der Waals surface area (Å²) in [4.78, 5) is 39.1. The number of hydrogen-bond donors (Lipinski definition) is 2. The van der Waals surface area contributed by atoms with Gasteiger partial charge in [-0.3, -0.25) is 19.3 Å². The molecule has 3 rings (SSSR count). The summed E-state index contributed by atoms with van der Waals surface area (Å²) in [5.41, 5.74) is 1.55. The first kappa shape index (κ1) is 17.6. The highest BCUT2D eigenvalue weighted by Gasteiger charge is 2.32. The standard InChI is InChI=1S/C17H20N4O3S/c1-10(2)20-6-5-11-12(7-18)17(25-13(11)8-20)19-14(22)9-21-15(23)3-4-16(21)24/h10H,3-6,8-9H2,1-2H3,(H,19,22)/p+1. The number of thiophene rings is 1.